The minimum Gasteiger partial charge on any atom is -0.350 e. The molecule has 0 radical (unpaired) electrons. The Balaban J connectivity index is 1.22. The van der Waals surface area contributed by atoms with Gasteiger partial charge >= 0.3 is 0 Å². The van der Waals surface area contributed by atoms with E-state index in [1.807, 2.05) is 55.5 Å². The molecule has 6 rings (SSSR count). The summed E-state index contributed by atoms with van der Waals surface area (Å²) in [6.45, 7) is 2.00. The van der Waals surface area contributed by atoms with E-state index in [-0.39, 0.29) is 17.4 Å². The minimum absolute atomic E-state index is 0.0362. The van der Waals surface area contributed by atoms with Gasteiger partial charge in [-0.15, -0.1) is 11.8 Å². The van der Waals surface area contributed by atoms with E-state index in [1.54, 1.807) is 0 Å². The molecular formula is C26H30N2O2S. The molecule has 31 heavy (non-hydrogen) atoms. The second-order valence-corrected chi connectivity index (χ2v) is 10.9. The predicted octanol–water partition coefficient (Wildman–Crippen LogP) is 5.42. The average Bonchev–Trinajstić information content (AvgIpc) is 2.71. The molecule has 0 unspecified atom stereocenters. The highest BCUT2D eigenvalue weighted by Crippen LogP contribution is 2.55. The first-order chi connectivity index (χ1) is 15.0. The highest BCUT2D eigenvalue weighted by molar-refractivity contribution is 8.00. The van der Waals surface area contributed by atoms with Crippen molar-refractivity contribution in [1.29, 1.82) is 0 Å². The topological polar surface area (TPSA) is 58.2 Å². The molecule has 0 saturated heterocycles. The first-order valence-electron chi connectivity index (χ1n) is 11.4. The molecule has 0 aromatic heterocycles. The predicted molar refractivity (Wildman–Crippen MR) is 125 cm³/mol. The third kappa shape index (κ3) is 4.52. The maximum atomic E-state index is 12.9. The van der Waals surface area contributed by atoms with Crippen molar-refractivity contribution >= 4 is 29.3 Å². The van der Waals surface area contributed by atoms with E-state index in [2.05, 4.69) is 10.6 Å². The molecule has 4 fully saturated rings. The maximum absolute atomic E-state index is 12.9. The third-order valence-corrected chi connectivity index (χ3v) is 8.28. The van der Waals surface area contributed by atoms with Crippen molar-refractivity contribution in [2.45, 2.75) is 55.9 Å². The highest BCUT2D eigenvalue weighted by atomic mass is 32.2. The zero-order chi connectivity index (χ0) is 21.4. The van der Waals surface area contributed by atoms with Crippen LogP contribution in [0.1, 0.15) is 54.4 Å². The Morgan fingerprint density at radius 3 is 2.32 bits per heavy atom. The van der Waals surface area contributed by atoms with Crippen LogP contribution in [0, 0.1) is 24.7 Å². The van der Waals surface area contributed by atoms with Crippen LogP contribution in [-0.2, 0) is 4.79 Å². The Bertz CT molecular complexity index is 967. The molecule has 2 amide bonds. The van der Waals surface area contributed by atoms with E-state index >= 15 is 0 Å². The second-order valence-electron chi connectivity index (χ2n) is 9.85. The Hall–Kier alpha value is -2.27. The molecule has 0 atom stereocenters. The van der Waals surface area contributed by atoms with Crippen molar-refractivity contribution < 1.29 is 9.59 Å². The van der Waals surface area contributed by atoms with E-state index in [9.17, 15) is 9.59 Å². The number of anilines is 1. The number of thioether (sulfide) groups is 1. The van der Waals surface area contributed by atoms with Gasteiger partial charge in [-0.1, -0.05) is 24.3 Å². The molecule has 4 saturated carbocycles. The third-order valence-electron chi connectivity index (χ3n) is 7.21. The zero-order valence-corrected chi connectivity index (χ0v) is 18.8. The summed E-state index contributed by atoms with van der Waals surface area (Å²) in [7, 11) is 0. The molecule has 2 aromatic carbocycles. The molecule has 4 nitrogen and oxygen atoms in total. The Labute approximate surface area is 188 Å². The fourth-order valence-electron chi connectivity index (χ4n) is 6.44. The number of carbonyl (C=O) groups is 2. The van der Waals surface area contributed by atoms with Crippen LogP contribution in [-0.4, -0.2) is 23.1 Å². The molecule has 0 spiro atoms. The molecule has 5 heteroatoms. The van der Waals surface area contributed by atoms with Gasteiger partial charge in [-0.25, -0.2) is 0 Å². The van der Waals surface area contributed by atoms with Gasteiger partial charge in [0.25, 0.3) is 5.91 Å². The molecule has 4 bridgehead atoms. The Kier molecular flexibility index (Phi) is 5.55. The molecule has 0 aliphatic heterocycles. The average molecular weight is 435 g/mol. The number of carbonyl (C=O) groups excluding carboxylic acids is 2. The van der Waals surface area contributed by atoms with E-state index in [0.29, 0.717) is 11.3 Å². The molecule has 2 N–H and O–H groups in total. The van der Waals surface area contributed by atoms with Crippen molar-refractivity contribution in [3.63, 3.8) is 0 Å². The lowest BCUT2D eigenvalue weighted by Gasteiger charge is -2.56. The molecule has 4 aliphatic rings. The molecule has 162 valence electrons. The van der Waals surface area contributed by atoms with Crippen molar-refractivity contribution in [1.82, 2.24) is 5.32 Å². The van der Waals surface area contributed by atoms with Crippen LogP contribution in [0.2, 0.25) is 0 Å². The van der Waals surface area contributed by atoms with Gasteiger partial charge in [-0.2, -0.15) is 0 Å². The SMILES string of the molecule is Cc1cccc(NC(=O)c2ccccc2SCC(=O)NC23CC4CC(CC(C4)C2)C3)c1. The summed E-state index contributed by atoms with van der Waals surface area (Å²) in [5.41, 5.74) is 2.52. The van der Waals surface area contributed by atoms with Crippen LogP contribution in [0.4, 0.5) is 5.69 Å². The van der Waals surface area contributed by atoms with Crippen LogP contribution >= 0.6 is 11.8 Å². The van der Waals surface area contributed by atoms with E-state index < -0.39 is 0 Å². The Morgan fingerprint density at radius 1 is 0.968 bits per heavy atom. The summed E-state index contributed by atoms with van der Waals surface area (Å²) in [4.78, 5) is 26.6. The number of nitrogens with one attached hydrogen (secondary N) is 2. The summed E-state index contributed by atoms with van der Waals surface area (Å²) < 4.78 is 0. The number of hydrogen-bond donors (Lipinski definition) is 2. The first-order valence-corrected chi connectivity index (χ1v) is 12.4. The van der Waals surface area contributed by atoms with Gasteiger partial charge in [-0.05, 0) is 93.0 Å². The van der Waals surface area contributed by atoms with Gasteiger partial charge in [0.05, 0.1) is 11.3 Å². The second kappa shape index (κ2) is 8.34. The number of benzene rings is 2. The van der Waals surface area contributed by atoms with E-state index in [0.717, 1.165) is 53.2 Å². The van der Waals surface area contributed by atoms with Crippen molar-refractivity contribution in [2.75, 3.05) is 11.1 Å². The lowest BCUT2D eigenvalue weighted by Crippen LogP contribution is -2.60. The van der Waals surface area contributed by atoms with Crippen molar-refractivity contribution in [3.05, 3.63) is 59.7 Å². The largest absolute Gasteiger partial charge is 0.350 e. The number of rotatable bonds is 6. The molecular weight excluding hydrogens is 404 g/mol. The molecule has 4 aliphatic carbocycles. The van der Waals surface area contributed by atoms with Crippen LogP contribution in [0.25, 0.3) is 0 Å². The lowest BCUT2D eigenvalue weighted by molar-refractivity contribution is -0.124. The van der Waals surface area contributed by atoms with Gasteiger partial charge in [0.2, 0.25) is 5.91 Å². The zero-order valence-electron chi connectivity index (χ0n) is 18.0. The van der Waals surface area contributed by atoms with Gasteiger partial charge in [0, 0.05) is 16.1 Å². The minimum atomic E-state index is -0.143. The standard InChI is InChI=1S/C26H30N2O2S/c1-17-5-4-6-21(9-17)27-25(30)22-7-2-3-8-23(22)31-16-24(29)28-26-13-18-10-19(14-26)12-20(11-18)15-26/h2-9,18-20H,10-16H2,1H3,(H,27,30)(H,28,29). The van der Waals surface area contributed by atoms with E-state index in [4.69, 9.17) is 0 Å². The van der Waals surface area contributed by atoms with Crippen LogP contribution in [0.3, 0.4) is 0 Å². The number of aryl methyl sites for hydroxylation is 1. The smallest absolute Gasteiger partial charge is 0.256 e. The van der Waals surface area contributed by atoms with Crippen LogP contribution in [0.5, 0.6) is 0 Å². The number of amides is 2. The molecule has 0 heterocycles. The maximum Gasteiger partial charge on any atom is 0.256 e. The summed E-state index contributed by atoms with van der Waals surface area (Å²) in [6, 6.07) is 15.3. The van der Waals surface area contributed by atoms with Crippen molar-refractivity contribution in [3.8, 4) is 0 Å². The van der Waals surface area contributed by atoms with E-state index in [1.165, 1.54) is 31.0 Å². The van der Waals surface area contributed by atoms with Crippen LogP contribution in [0.15, 0.2) is 53.4 Å². The first kappa shape index (κ1) is 20.6. The lowest BCUT2D eigenvalue weighted by atomic mass is 9.53. The monoisotopic (exact) mass is 434 g/mol. The quantitative estimate of drug-likeness (QED) is 0.597. The summed E-state index contributed by atoms with van der Waals surface area (Å²) >= 11 is 1.45. The molecule has 2 aromatic rings. The number of hydrogen-bond acceptors (Lipinski definition) is 3. The fraction of sp³-hybridized carbons (Fsp3) is 0.462. The van der Waals surface area contributed by atoms with Gasteiger partial charge in [0.15, 0.2) is 0 Å². The van der Waals surface area contributed by atoms with Crippen LogP contribution < -0.4 is 10.6 Å². The van der Waals surface area contributed by atoms with Gasteiger partial charge in [-0.3, -0.25) is 9.59 Å². The highest BCUT2D eigenvalue weighted by Gasteiger charge is 2.51. The van der Waals surface area contributed by atoms with Gasteiger partial charge < -0.3 is 10.6 Å². The van der Waals surface area contributed by atoms with Gasteiger partial charge in [0.1, 0.15) is 0 Å². The summed E-state index contributed by atoms with van der Waals surface area (Å²) in [5.74, 6) is 2.73. The summed E-state index contributed by atoms with van der Waals surface area (Å²) in [6.07, 6.45) is 7.58. The van der Waals surface area contributed by atoms with Crippen molar-refractivity contribution in [2.24, 2.45) is 17.8 Å². The Morgan fingerprint density at radius 2 is 1.65 bits per heavy atom. The summed E-state index contributed by atoms with van der Waals surface area (Å²) in [5, 5.41) is 6.41. The fourth-order valence-corrected chi connectivity index (χ4v) is 7.29. The normalized spacial score (nSPS) is 28.4.